The number of carbonyl (C=O) groups excluding carboxylic acids is 1. The van der Waals surface area contributed by atoms with Crippen molar-refractivity contribution in [1.29, 1.82) is 0 Å². The molecule has 2 atom stereocenters. The van der Waals surface area contributed by atoms with E-state index in [4.69, 9.17) is 4.74 Å². The van der Waals surface area contributed by atoms with Gasteiger partial charge in [0.05, 0.1) is 17.8 Å². The van der Waals surface area contributed by atoms with Gasteiger partial charge in [0.1, 0.15) is 17.1 Å². The number of aromatic nitrogens is 1. The number of amides is 1. The first-order valence-electron chi connectivity index (χ1n) is 10.00. The highest BCUT2D eigenvalue weighted by molar-refractivity contribution is 5.88. The zero-order valence-corrected chi connectivity index (χ0v) is 17.2. The number of likely N-dealkylation sites (N-methyl/N-ethyl adjacent to an activating group) is 1. The van der Waals surface area contributed by atoms with E-state index in [1.54, 1.807) is 23.2 Å². The van der Waals surface area contributed by atoms with Crippen LogP contribution in [0.15, 0.2) is 36.5 Å². The van der Waals surface area contributed by atoms with Gasteiger partial charge in [0.2, 0.25) is 5.91 Å². The van der Waals surface area contributed by atoms with Crippen LogP contribution in [0.3, 0.4) is 0 Å². The van der Waals surface area contributed by atoms with E-state index in [0.717, 1.165) is 49.9 Å². The summed E-state index contributed by atoms with van der Waals surface area (Å²) in [6.07, 6.45) is 6.60. The fourth-order valence-electron chi connectivity index (χ4n) is 4.37. The lowest BCUT2D eigenvalue weighted by Crippen LogP contribution is -2.47. The van der Waals surface area contributed by atoms with Crippen LogP contribution in [0.1, 0.15) is 43.8 Å². The molecule has 1 saturated carbocycles. The molecule has 1 aromatic carbocycles. The lowest BCUT2D eigenvalue weighted by molar-refractivity contribution is -0.131. The Labute approximate surface area is 176 Å². The standard InChI is InChI=1S/C22H24FN3O2.ClH/c1-26-11-9-22(21(26)27)8-6-19(25-22)20-12-14(7-10-24-20)17-13-16(4-5-18(17)23)28-15-2-3-15;/h4-5,7,10,12-13,15,19,25H,2-3,6,8-9,11H2,1H3;1H/t19-,22+;/m1./s1. The summed E-state index contributed by atoms with van der Waals surface area (Å²) in [5.41, 5.74) is 1.69. The van der Waals surface area contributed by atoms with Crippen molar-refractivity contribution in [3.8, 4) is 16.9 Å². The second-order valence-corrected chi connectivity index (χ2v) is 8.22. The van der Waals surface area contributed by atoms with Crippen molar-refractivity contribution in [2.75, 3.05) is 13.6 Å². The van der Waals surface area contributed by atoms with E-state index in [2.05, 4.69) is 10.3 Å². The SMILES string of the molecule is CN1CC[C@@]2(CC[C@H](c3cc(-c4cc(OC5CC5)ccc4F)ccn3)N2)C1=O.Cl. The number of nitrogens with one attached hydrogen (secondary N) is 1. The predicted octanol–water partition coefficient (Wildman–Crippen LogP) is 3.88. The minimum absolute atomic E-state index is 0. The van der Waals surface area contributed by atoms with Crippen LogP contribution in [0.25, 0.3) is 11.1 Å². The average Bonchev–Trinajstić information content (AvgIpc) is 3.35. The average molecular weight is 418 g/mol. The number of ether oxygens (including phenoxy) is 1. The third-order valence-corrected chi connectivity index (χ3v) is 6.15. The van der Waals surface area contributed by atoms with Crippen LogP contribution >= 0.6 is 12.4 Å². The highest BCUT2D eigenvalue weighted by Crippen LogP contribution is 2.39. The quantitative estimate of drug-likeness (QED) is 0.820. The molecular weight excluding hydrogens is 393 g/mol. The molecule has 29 heavy (non-hydrogen) atoms. The van der Waals surface area contributed by atoms with E-state index in [9.17, 15) is 9.18 Å². The van der Waals surface area contributed by atoms with E-state index in [-0.39, 0.29) is 36.3 Å². The summed E-state index contributed by atoms with van der Waals surface area (Å²) in [4.78, 5) is 18.9. The van der Waals surface area contributed by atoms with Crippen molar-refractivity contribution in [2.24, 2.45) is 0 Å². The Hall–Kier alpha value is -2.18. The Kier molecular flexibility index (Phi) is 5.25. The molecule has 1 amide bonds. The molecule has 2 aliphatic heterocycles. The van der Waals surface area contributed by atoms with Crippen molar-refractivity contribution >= 4 is 18.3 Å². The molecule has 7 heteroatoms. The Bertz CT molecular complexity index is 936. The van der Waals surface area contributed by atoms with Crippen LogP contribution < -0.4 is 10.1 Å². The first kappa shape index (κ1) is 20.1. The number of halogens is 2. The van der Waals surface area contributed by atoms with Crippen molar-refractivity contribution in [3.63, 3.8) is 0 Å². The lowest BCUT2D eigenvalue weighted by atomic mass is 9.96. The highest BCUT2D eigenvalue weighted by Gasteiger charge is 2.50. The maximum absolute atomic E-state index is 14.5. The third kappa shape index (κ3) is 3.71. The minimum atomic E-state index is -0.458. The van der Waals surface area contributed by atoms with E-state index < -0.39 is 5.54 Å². The van der Waals surface area contributed by atoms with Gasteiger partial charge in [0.25, 0.3) is 0 Å². The van der Waals surface area contributed by atoms with E-state index in [0.29, 0.717) is 11.3 Å². The topological polar surface area (TPSA) is 54.5 Å². The fourth-order valence-corrected chi connectivity index (χ4v) is 4.37. The molecule has 0 bridgehead atoms. The molecule has 154 valence electrons. The molecule has 2 aromatic rings. The lowest BCUT2D eigenvalue weighted by Gasteiger charge is -2.23. The molecule has 1 aromatic heterocycles. The predicted molar refractivity (Wildman–Crippen MR) is 111 cm³/mol. The number of hydrogen-bond donors (Lipinski definition) is 1. The fraction of sp³-hybridized carbons (Fsp3) is 0.455. The van der Waals surface area contributed by atoms with Crippen LogP contribution in [-0.2, 0) is 4.79 Å². The molecule has 2 saturated heterocycles. The van der Waals surface area contributed by atoms with Gasteiger partial charge in [-0.15, -0.1) is 12.4 Å². The Morgan fingerprint density at radius 2 is 2.03 bits per heavy atom. The zero-order valence-electron chi connectivity index (χ0n) is 16.4. The molecular formula is C22H25ClFN3O2. The molecule has 3 aliphatic rings. The third-order valence-electron chi connectivity index (χ3n) is 6.15. The number of rotatable bonds is 4. The molecule has 0 radical (unpaired) electrons. The first-order valence-corrected chi connectivity index (χ1v) is 10.00. The highest BCUT2D eigenvalue weighted by atomic mass is 35.5. The normalized spacial score (nSPS) is 26.1. The summed E-state index contributed by atoms with van der Waals surface area (Å²) >= 11 is 0. The van der Waals surface area contributed by atoms with Gasteiger partial charge < -0.3 is 9.64 Å². The molecule has 0 unspecified atom stereocenters. The van der Waals surface area contributed by atoms with Gasteiger partial charge in [-0.3, -0.25) is 15.1 Å². The van der Waals surface area contributed by atoms with Crippen LogP contribution in [-0.4, -0.2) is 41.0 Å². The van der Waals surface area contributed by atoms with Crippen molar-refractivity contribution < 1.29 is 13.9 Å². The van der Waals surface area contributed by atoms with E-state index in [1.165, 1.54) is 6.07 Å². The van der Waals surface area contributed by atoms with Gasteiger partial charge >= 0.3 is 0 Å². The molecule has 5 rings (SSSR count). The summed E-state index contributed by atoms with van der Waals surface area (Å²) in [7, 11) is 1.85. The summed E-state index contributed by atoms with van der Waals surface area (Å²) < 4.78 is 20.3. The summed E-state index contributed by atoms with van der Waals surface area (Å²) in [6.45, 7) is 0.783. The molecule has 1 spiro atoms. The van der Waals surface area contributed by atoms with Crippen molar-refractivity contribution in [1.82, 2.24) is 15.2 Å². The smallest absolute Gasteiger partial charge is 0.242 e. The Morgan fingerprint density at radius 1 is 1.21 bits per heavy atom. The number of nitrogens with zero attached hydrogens (tertiary/aromatic N) is 2. The van der Waals surface area contributed by atoms with Gasteiger partial charge in [-0.2, -0.15) is 0 Å². The van der Waals surface area contributed by atoms with Gasteiger partial charge in [-0.1, -0.05) is 0 Å². The molecule has 5 nitrogen and oxygen atoms in total. The van der Waals surface area contributed by atoms with Gasteiger partial charge in [0.15, 0.2) is 0 Å². The van der Waals surface area contributed by atoms with E-state index >= 15 is 0 Å². The number of carbonyl (C=O) groups is 1. The largest absolute Gasteiger partial charge is 0.490 e. The number of benzene rings is 1. The number of pyridine rings is 1. The zero-order chi connectivity index (χ0) is 19.3. The maximum Gasteiger partial charge on any atom is 0.242 e. The molecule has 3 heterocycles. The summed E-state index contributed by atoms with van der Waals surface area (Å²) in [6, 6.07) is 8.67. The molecule has 1 N–H and O–H groups in total. The summed E-state index contributed by atoms with van der Waals surface area (Å²) in [5, 5.41) is 3.53. The summed E-state index contributed by atoms with van der Waals surface area (Å²) in [5.74, 6) is 0.598. The van der Waals surface area contributed by atoms with Crippen LogP contribution in [0, 0.1) is 5.82 Å². The minimum Gasteiger partial charge on any atom is -0.490 e. The maximum atomic E-state index is 14.5. The van der Waals surface area contributed by atoms with Gasteiger partial charge in [0, 0.05) is 25.4 Å². The number of likely N-dealkylation sites (tertiary alicyclic amines) is 1. The monoisotopic (exact) mass is 417 g/mol. The first-order chi connectivity index (χ1) is 13.5. The molecule has 1 aliphatic carbocycles. The van der Waals surface area contributed by atoms with Gasteiger partial charge in [-0.05, 0) is 68.0 Å². The van der Waals surface area contributed by atoms with Gasteiger partial charge in [-0.25, -0.2) is 4.39 Å². The van der Waals surface area contributed by atoms with Crippen LogP contribution in [0.4, 0.5) is 4.39 Å². The Morgan fingerprint density at radius 3 is 2.76 bits per heavy atom. The second-order valence-electron chi connectivity index (χ2n) is 8.22. The number of hydrogen-bond acceptors (Lipinski definition) is 4. The van der Waals surface area contributed by atoms with Crippen LogP contribution in [0.5, 0.6) is 5.75 Å². The van der Waals surface area contributed by atoms with Crippen molar-refractivity contribution in [2.45, 2.75) is 49.8 Å². The van der Waals surface area contributed by atoms with Crippen molar-refractivity contribution in [3.05, 3.63) is 48.0 Å². The Balaban J connectivity index is 0.00000205. The van der Waals surface area contributed by atoms with E-state index in [1.807, 2.05) is 19.2 Å². The second kappa shape index (κ2) is 7.58. The van der Waals surface area contributed by atoms with Crippen LogP contribution in [0.2, 0.25) is 0 Å². The molecule has 3 fully saturated rings.